The molecule has 2 aromatic rings. The third-order valence-electron chi connectivity index (χ3n) is 6.40. The third-order valence-corrected chi connectivity index (χ3v) is 7.32. The SMILES string of the molecule is CCC(Cc1ccc(C(=O)SC(C)C)cc1)(C(=O)c1ccc(N2CCOCC2)cc1)N(C)C. The second-order valence-corrected chi connectivity index (χ2v) is 10.6. The lowest BCUT2D eigenvalue weighted by molar-refractivity contribution is 0.0666. The largest absolute Gasteiger partial charge is 0.378 e. The molecule has 0 aromatic heterocycles. The molecule has 178 valence electrons. The maximum absolute atomic E-state index is 13.8. The van der Waals surface area contributed by atoms with Crippen molar-refractivity contribution >= 4 is 28.3 Å². The summed E-state index contributed by atoms with van der Waals surface area (Å²) in [5.41, 5.74) is 2.95. The summed E-state index contributed by atoms with van der Waals surface area (Å²) in [6, 6.07) is 15.7. The second kappa shape index (κ2) is 11.3. The minimum Gasteiger partial charge on any atom is -0.378 e. The number of ether oxygens (including phenoxy) is 1. The van der Waals surface area contributed by atoms with Gasteiger partial charge < -0.3 is 9.64 Å². The number of ketones is 1. The van der Waals surface area contributed by atoms with E-state index in [4.69, 9.17) is 4.74 Å². The molecule has 1 unspecified atom stereocenters. The Morgan fingerprint density at radius 3 is 2.09 bits per heavy atom. The van der Waals surface area contributed by atoms with Crippen LogP contribution >= 0.6 is 11.8 Å². The van der Waals surface area contributed by atoms with Crippen LogP contribution < -0.4 is 4.90 Å². The van der Waals surface area contributed by atoms with Crippen LogP contribution in [0.1, 0.15) is 53.5 Å². The Morgan fingerprint density at radius 2 is 1.58 bits per heavy atom. The fraction of sp³-hybridized carbons (Fsp3) is 0.481. The van der Waals surface area contributed by atoms with E-state index in [1.807, 2.05) is 81.4 Å². The van der Waals surface area contributed by atoms with E-state index in [0.717, 1.165) is 43.1 Å². The van der Waals surface area contributed by atoms with Crippen LogP contribution in [0.2, 0.25) is 0 Å². The lowest BCUT2D eigenvalue weighted by Crippen LogP contribution is -2.52. The Morgan fingerprint density at radius 1 is 1.00 bits per heavy atom. The van der Waals surface area contributed by atoms with Gasteiger partial charge in [-0.3, -0.25) is 14.5 Å². The first-order valence-corrected chi connectivity index (χ1v) is 12.6. The molecule has 3 rings (SSSR count). The van der Waals surface area contributed by atoms with Gasteiger partial charge in [0, 0.05) is 35.2 Å². The maximum atomic E-state index is 13.8. The molecule has 1 fully saturated rings. The fourth-order valence-electron chi connectivity index (χ4n) is 4.34. The molecule has 0 saturated carbocycles. The molecule has 1 aliphatic heterocycles. The summed E-state index contributed by atoms with van der Waals surface area (Å²) in [6.07, 6.45) is 1.28. The Balaban J connectivity index is 1.80. The first kappa shape index (κ1) is 25.5. The summed E-state index contributed by atoms with van der Waals surface area (Å²) in [5.74, 6) is 0.124. The Hall–Kier alpha value is -2.15. The lowest BCUT2D eigenvalue weighted by Gasteiger charge is -2.38. The van der Waals surface area contributed by atoms with Gasteiger partial charge in [0.1, 0.15) is 0 Å². The highest BCUT2D eigenvalue weighted by molar-refractivity contribution is 8.14. The van der Waals surface area contributed by atoms with Crippen molar-refractivity contribution in [2.75, 3.05) is 45.3 Å². The standard InChI is InChI=1S/C27H36N2O3S/c1-6-27(28(4)5,19-21-7-9-23(10-8-21)26(31)33-20(2)3)25(30)22-11-13-24(14-12-22)29-15-17-32-18-16-29/h7-14,20H,6,15-19H2,1-5H3. The van der Waals surface area contributed by atoms with Gasteiger partial charge >= 0.3 is 0 Å². The minimum atomic E-state index is -0.654. The number of Topliss-reactive ketones (excluding diaryl/α,β-unsaturated/α-hetero) is 1. The molecule has 1 saturated heterocycles. The number of rotatable bonds is 9. The van der Waals surface area contributed by atoms with E-state index in [-0.39, 0.29) is 16.1 Å². The van der Waals surface area contributed by atoms with Crippen LogP contribution in [0.3, 0.4) is 0 Å². The first-order valence-electron chi connectivity index (χ1n) is 11.7. The number of nitrogens with zero attached hydrogens (tertiary/aromatic N) is 2. The van der Waals surface area contributed by atoms with Crippen molar-refractivity contribution < 1.29 is 14.3 Å². The number of carbonyl (C=O) groups is 2. The molecule has 0 N–H and O–H groups in total. The second-order valence-electron chi connectivity index (χ2n) is 9.08. The van der Waals surface area contributed by atoms with Gasteiger partial charge in [-0.25, -0.2) is 0 Å². The predicted molar refractivity (Wildman–Crippen MR) is 138 cm³/mol. The number of hydrogen-bond donors (Lipinski definition) is 0. The summed E-state index contributed by atoms with van der Waals surface area (Å²) >= 11 is 1.34. The van der Waals surface area contributed by atoms with E-state index >= 15 is 0 Å². The van der Waals surface area contributed by atoms with Crippen molar-refractivity contribution in [2.45, 2.75) is 44.4 Å². The number of carbonyl (C=O) groups excluding carboxylic acids is 2. The molecule has 0 spiro atoms. The van der Waals surface area contributed by atoms with Gasteiger partial charge in [0.25, 0.3) is 0 Å². The third kappa shape index (κ3) is 6.05. The number of likely N-dealkylation sites (N-methyl/N-ethyl adjacent to an activating group) is 1. The number of thioether (sulfide) groups is 1. The van der Waals surface area contributed by atoms with E-state index in [1.54, 1.807) is 0 Å². The van der Waals surface area contributed by atoms with Gasteiger partial charge in [0.05, 0.1) is 18.8 Å². The molecule has 0 aliphatic carbocycles. The molecule has 0 radical (unpaired) electrons. The van der Waals surface area contributed by atoms with Crippen molar-refractivity contribution in [3.63, 3.8) is 0 Å². The summed E-state index contributed by atoms with van der Waals surface area (Å²) < 4.78 is 5.44. The topological polar surface area (TPSA) is 49.9 Å². The number of hydrogen-bond acceptors (Lipinski definition) is 6. The van der Waals surface area contributed by atoms with E-state index in [1.165, 1.54) is 11.8 Å². The van der Waals surface area contributed by atoms with Crippen molar-refractivity contribution in [1.82, 2.24) is 4.90 Å². The summed E-state index contributed by atoms with van der Waals surface area (Å²) in [6.45, 7) is 9.32. The Bertz CT molecular complexity index is 935. The monoisotopic (exact) mass is 468 g/mol. The number of benzene rings is 2. The van der Waals surface area contributed by atoms with Gasteiger partial charge in [0.2, 0.25) is 5.12 Å². The van der Waals surface area contributed by atoms with Gasteiger partial charge in [-0.1, -0.05) is 56.8 Å². The molecule has 33 heavy (non-hydrogen) atoms. The van der Waals surface area contributed by atoms with Gasteiger partial charge in [-0.05, 0) is 56.8 Å². The van der Waals surface area contributed by atoms with E-state index in [2.05, 4.69) is 11.8 Å². The quantitative estimate of drug-likeness (QED) is 0.486. The smallest absolute Gasteiger partial charge is 0.219 e. The van der Waals surface area contributed by atoms with Crippen molar-refractivity contribution in [1.29, 1.82) is 0 Å². The Labute approximate surface area is 202 Å². The zero-order valence-electron chi connectivity index (χ0n) is 20.5. The number of anilines is 1. The van der Waals surface area contributed by atoms with Crippen molar-refractivity contribution in [3.8, 4) is 0 Å². The zero-order valence-corrected chi connectivity index (χ0v) is 21.3. The fourth-order valence-corrected chi connectivity index (χ4v) is 5.04. The highest BCUT2D eigenvalue weighted by Crippen LogP contribution is 2.29. The van der Waals surface area contributed by atoms with Gasteiger partial charge in [-0.15, -0.1) is 0 Å². The summed E-state index contributed by atoms with van der Waals surface area (Å²) in [4.78, 5) is 30.5. The minimum absolute atomic E-state index is 0.0855. The molecule has 1 aliphatic rings. The normalized spacial score (nSPS) is 16.2. The summed E-state index contributed by atoms with van der Waals surface area (Å²) in [7, 11) is 3.95. The van der Waals surface area contributed by atoms with Crippen LogP contribution in [0.15, 0.2) is 48.5 Å². The first-order chi connectivity index (χ1) is 15.8. The van der Waals surface area contributed by atoms with Crippen molar-refractivity contribution in [2.24, 2.45) is 0 Å². The molecule has 6 heteroatoms. The van der Waals surface area contributed by atoms with E-state index in [0.29, 0.717) is 18.4 Å². The zero-order chi connectivity index (χ0) is 24.0. The molecular weight excluding hydrogens is 432 g/mol. The van der Waals surface area contributed by atoms with E-state index < -0.39 is 5.54 Å². The van der Waals surface area contributed by atoms with Gasteiger partial charge in [0.15, 0.2) is 5.78 Å². The molecule has 0 amide bonds. The molecule has 0 bridgehead atoms. The van der Waals surface area contributed by atoms with Crippen LogP contribution in [-0.2, 0) is 11.2 Å². The predicted octanol–water partition coefficient (Wildman–Crippen LogP) is 4.94. The maximum Gasteiger partial charge on any atom is 0.219 e. The van der Waals surface area contributed by atoms with E-state index in [9.17, 15) is 9.59 Å². The number of morpholine rings is 1. The van der Waals surface area contributed by atoms with Gasteiger partial charge in [-0.2, -0.15) is 0 Å². The molecule has 1 atom stereocenters. The lowest BCUT2D eigenvalue weighted by atomic mass is 9.80. The molecular formula is C27H36N2O3S. The van der Waals surface area contributed by atoms with Crippen LogP contribution in [0.5, 0.6) is 0 Å². The average molecular weight is 469 g/mol. The van der Waals surface area contributed by atoms with Crippen molar-refractivity contribution in [3.05, 3.63) is 65.2 Å². The van der Waals surface area contributed by atoms with Crippen LogP contribution in [0, 0.1) is 0 Å². The molecule has 5 nitrogen and oxygen atoms in total. The molecule has 2 aromatic carbocycles. The molecule has 1 heterocycles. The van der Waals surface area contributed by atoms with Crippen LogP contribution in [-0.4, -0.2) is 67.0 Å². The highest BCUT2D eigenvalue weighted by Gasteiger charge is 2.39. The highest BCUT2D eigenvalue weighted by atomic mass is 32.2. The summed E-state index contributed by atoms with van der Waals surface area (Å²) in [5, 5.41) is 0.341. The van der Waals surface area contributed by atoms with Crippen LogP contribution in [0.25, 0.3) is 0 Å². The van der Waals surface area contributed by atoms with Crippen LogP contribution in [0.4, 0.5) is 5.69 Å². The Kier molecular flexibility index (Phi) is 8.74. The average Bonchev–Trinajstić information content (AvgIpc) is 2.82.